The molecule has 156 valence electrons. The summed E-state index contributed by atoms with van der Waals surface area (Å²) in [6.07, 6.45) is -4.38. The fraction of sp³-hybridized carbons (Fsp3) is 0.118. The molecule has 0 saturated heterocycles. The van der Waals surface area contributed by atoms with Crippen molar-refractivity contribution in [3.63, 3.8) is 0 Å². The van der Waals surface area contributed by atoms with Crippen molar-refractivity contribution < 1.29 is 27.9 Å². The Bertz CT molecular complexity index is 1090. The molecule has 0 saturated carbocycles. The second-order valence-corrected chi connectivity index (χ2v) is 6.62. The quantitative estimate of drug-likeness (QED) is 0.466. The number of carbonyl (C=O) groups is 2. The summed E-state index contributed by atoms with van der Waals surface area (Å²) in [5, 5.41) is 16.6. The molecule has 3 aromatic rings. The number of benzene rings is 1. The summed E-state index contributed by atoms with van der Waals surface area (Å²) in [4.78, 5) is 30.4. The molecule has 0 aliphatic carbocycles. The third kappa shape index (κ3) is 5.00. The first-order valence-corrected chi connectivity index (χ1v) is 8.94. The van der Waals surface area contributed by atoms with Gasteiger partial charge in [-0.15, -0.1) is 0 Å². The number of hydrogen-bond acceptors (Lipinski definition) is 7. The van der Waals surface area contributed by atoms with Crippen LogP contribution in [0.4, 0.5) is 40.2 Å². The van der Waals surface area contributed by atoms with Crippen molar-refractivity contribution in [2.45, 2.75) is 13.1 Å². The number of alkyl halides is 3. The van der Waals surface area contributed by atoms with E-state index in [1.807, 2.05) is 0 Å². The van der Waals surface area contributed by atoms with E-state index in [1.165, 1.54) is 12.1 Å². The standard InChI is InChI=1S/C17H13F3N6O3S/c1-8-13(14(27)23-9-3-2-4-10(5-9)24-16(28)29)15(30-26-8)25-12-7-21-11(6-22-12)17(18,19)20/h2-7,24H,1H3,(H,22,25)(H,23,27)(H,28,29). The number of nitrogens with one attached hydrogen (secondary N) is 3. The average Bonchev–Trinajstić information content (AvgIpc) is 3.01. The number of carboxylic acid groups (broad SMARTS) is 1. The summed E-state index contributed by atoms with van der Waals surface area (Å²) < 4.78 is 41.9. The molecular formula is C17H13F3N6O3S. The third-order valence-electron chi connectivity index (χ3n) is 3.65. The molecule has 0 atom stereocenters. The minimum Gasteiger partial charge on any atom is -0.465 e. The summed E-state index contributed by atoms with van der Waals surface area (Å²) in [5.74, 6) is -0.538. The van der Waals surface area contributed by atoms with Crippen LogP contribution in [0.2, 0.25) is 0 Å². The molecule has 2 amide bonds. The van der Waals surface area contributed by atoms with E-state index in [9.17, 15) is 22.8 Å². The Hall–Kier alpha value is -3.74. The molecule has 2 aromatic heterocycles. The van der Waals surface area contributed by atoms with Crippen LogP contribution in [0.1, 0.15) is 21.7 Å². The number of aromatic nitrogens is 3. The lowest BCUT2D eigenvalue weighted by atomic mass is 10.2. The number of aryl methyl sites for hydroxylation is 1. The zero-order chi connectivity index (χ0) is 21.9. The number of hydrogen-bond donors (Lipinski definition) is 4. The molecule has 0 fully saturated rings. The fourth-order valence-electron chi connectivity index (χ4n) is 2.37. The van der Waals surface area contributed by atoms with E-state index in [1.54, 1.807) is 19.1 Å². The van der Waals surface area contributed by atoms with E-state index >= 15 is 0 Å². The van der Waals surface area contributed by atoms with Gasteiger partial charge in [-0.05, 0) is 36.7 Å². The normalized spacial score (nSPS) is 11.1. The van der Waals surface area contributed by atoms with Crippen LogP contribution >= 0.6 is 11.5 Å². The molecule has 0 radical (unpaired) electrons. The highest BCUT2D eigenvalue weighted by Crippen LogP contribution is 2.30. The van der Waals surface area contributed by atoms with Crippen molar-refractivity contribution in [2.75, 3.05) is 16.0 Å². The number of halogens is 3. The van der Waals surface area contributed by atoms with Crippen molar-refractivity contribution >= 4 is 45.7 Å². The molecule has 0 bridgehead atoms. The highest BCUT2D eigenvalue weighted by Gasteiger charge is 2.32. The zero-order valence-corrected chi connectivity index (χ0v) is 15.9. The van der Waals surface area contributed by atoms with Crippen molar-refractivity contribution in [1.82, 2.24) is 14.3 Å². The van der Waals surface area contributed by atoms with Crippen molar-refractivity contribution in [2.24, 2.45) is 0 Å². The molecule has 1 aromatic carbocycles. The predicted molar refractivity (Wildman–Crippen MR) is 103 cm³/mol. The van der Waals surface area contributed by atoms with Crippen LogP contribution in [0, 0.1) is 6.92 Å². The van der Waals surface area contributed by atoms with Gasteiger partial charge in [0.05, 0.1) is 23.7 Å². The first-order chi connectivity index (χ1) is 14.1. The minimum absolute atomic E-state index is 0.00774. The molecule has 3 rings (SSSR count). The first kappa shape index (κ1) is 21.0. The molecule has 0 aliphatic heterocycles. The number of amides is 2. The first-order valence-electron chi connectivity index (χ1n) is 8.17. The summed E-state index contributed by atoms with van der Waals surface area (Å²) in [5.41, 5.74) is 0.00954. The van der Waals surface area contributed by atoms with E-state index in [2.05, 4.69) is 30.3 Å². The molecule has 0 aliphatic rings. The van der Waals surface area contributed by atoms with Gasteiger partial charge < -0.3 is 15.7 Å². The van der Waals surface area contributed by atoms with E-state index in [4.69, 9.17) is 5.11 Å². The van der Waals surface area contributed by atoms with Gasteiger partial charge in [0.15, 0.2) is 5.69 Å². The van der Waals surface area contributed by atoms with Gasteiger partial charge in [-0.1, -0.05) is 6.07 Å². The highest BCUT2D eigenvalue weighted by molar-refractivity contribution is 7.10. The lowest BCUT2D eigenvalue weighted by Crippen LogP contribution is -2.15. The van der Waals surface area contributed by atoms with Crippen molar-refractivity contribution in [3.8, 4) is 0 Å². The van der Waals surface area contributed by atoms with Gasteiger partial charge in [-0.25, -0.2) is 14.8 Å². The van der Waals surface area contributed by atoms with E-state index in [0.717, 1.165) is 17.7 Å². The second kappa shape index (κ2) is 8.32. The number of nitrogens with zero attached hydrogens (tertiary/aromatic N) is 3. The Morgan fingerprint density at radius 1 is 1.10 bits per heavy atom. The van der Waals surface area contributed by atoms with Crippen LogP contribution < -0.4 is 16.0 Å². The Kier molecular flexibility index (Phi) is 5.82. The van der Waals surface area contributed by atoms with Crippen LogP contribution in [0.25, 0.3) is 0 Å². The molecule has 4 N–H and O–H groups in total. The topological polar surface area (TPSA) is 129 Å². The second-order valence-electron chi connectivity index (χ2n) is 5.85. The molecule has 0 unspecified atom stereocenters. The van der Waals surface area contributed by atoms with Gasteiger partial charge in [-0.2, -0.15) is 17.5 Å². The monoisotopic (exact) mass is 438 g/mol. The van der Waals surface area contributed by atoms with Crippen LogP contribution in [-0.2, 0) is 6.18 Å². The van der Waals surface area contributed by atoms with Crippen LogP contribution in [0.3, 0.4) is 0 Å². The van der Waals surface area contributed by atoms with E-state index in [-0.39, 0.29) is 22.1 Å². The Morgan fingerprint density at radius 2 is 1.80 bits per heavy atom. The van der Waals surface area contributed by atoms with Gasteiger partial charge in [0.1, 0.15) is 10.8 Å². The summed E-state index contributed by atoms with van der Waals surface area (Å²) in [6.45, 7) is 1.59. The summed E-state index contributed by atoms with van der Waals surface area (Å²) >= 11 is 0.929. The number of carbonyl (C=O) groups excluding carboxylic acids is 1. The molecule has 0 spiro atoms. The zero-order valence-electron chi connectivity index (χ0n) is 15.1. The number of anilines is 4. The molecule has 13 heteroatoms. The van der Waals surface area contributed by atoms with Gasteiger partial charge in [-0.3, -0.25) is 10.1 Å². The van der Waals surface area contributed by atoms with Crippen LogP contribution in [0.5, 0.6) is 0 Å². The van der Waals surface area contributed by atoms with Gasteiger partial charge >= 0.3 is 12.3 Å². The van der Waals surface area contributed by atoms with Crippen LogP contribution in [-0.4, -0.2) is 31.4 Å². The summed E-state index contributed by atoms with van der Waals surface area (Å²) in [7, 11) is 0. The predicted octanol–water partition coefficient (Wildman–Crippen LogP) is 4.35. The Balaban J connectivity index is 1.78. The average molecular weight is 438 g/mol. The van der Waals surface area contributed by atoms with E-state index in [0.29, 0.717) is 17.6 Å². The summed E-state index contributed by atoms with van der Waals surface area (Å²) in [6, 6.07) is 6.05. The lowest BCUT2D eigenvalue weighted by molar-refractivity contribution is -0.141. The third-order valence-corrected chi connectivity index (χ3v) is 4.50. The van der Waals surface area contributed by atoms with Gasteiger partial charge in [0.2, 0.25) is 0 Å². The maximum atomic E-state index is 12.7. The Labute approximate surface area is 171 Å². The van der Waals surface area contributed by atoms with E-state index < -0.39 is 23.9 Å². The van der Waals surface area contributed by atoms with Gasteiger partial charge in [0.25, 0.3) is 5.91 Å². The fourth-order valence-corrected chi connectivity index (χ4v) is 3.17. The van der Waals surface area contributed by atoms with Gasteiger partial charge in [0, 0.05) is 11.4 Å². The minimum atomic E-state index is -4.61. The maximum Gasteiger partial charge on any atom is 0.434 e. The maximum absolute atomic E-state index is 12.7. The molecule has 30 heavy (non-hydrogen) atoms. The SMILES string of the molecule is Cc1nsc(Nc2cnc(C(F)(F)F)cn2)c1C(=O)Nc1cccc(NC(=O)O)c1. The lowest BCUT2D eigenvalue weighted by Gasteiger charge is -2.10. The largest absolute Gasteiger partial charge is 0.465 e. The Morgan fingerprint density at radius 3 is 2.40 bits per heavy atom. The smallest absolute Gasteiger partial charge is 0.434 e. The number of rotatable bonds is 5. The molecule has 9 nitrogen and oxygen atoms in total. The van der Waals surface area contributed by atoms with Crippen molar-refractivity contribution in [1.29, 1.82) is 0 Å². The molecular weight excluding hydrogens is 425 g/mol. The van der Waals surface area contributed by atoms with Crippen LogP contribution in [0.15, 0.2) is 36.7 Å². The molecule has 2 heterocycles. The van der Waals surface area contributed by atoms with Crippen molar-refractivity contribution in [3.05, 3.63) is 53.6 Å². The highest BCUT2D eigenvalue weighted by atomic mass is 32.1.